The first kappa shape index (κ1) is 26.4. The third kappa shape index (κ3) is 3.21. The molecule has 0 amide bonds. The molecule has 5 aliphatic carbocycles. The van der Waals surface area contributed by atoms with E-state index in [1.165, 1.54) is 25.3 Å². The number of hydrogen-bond donors (Lipinski definition) is 1. The van der Waals surface area contributed by atoms with E-state index in [9.17, 15) is 14.7 Å². The summed E-state index contributed by atoms with van der Waals surface area (Å²) in [5, 5.41) is 10.9. The first-order valence-corrected chi connectivity index (χ1v) is 14.8. The number of carbonyl (C=O) groups is 2. The summed E-state index contributed by atoms with van der Waals surface area (Å²) in [4.78, 5) is 25.5. The Morgan fingerprint density at radius 1 is 0.917 bits per heavy atom. The molecular weight excluding hydrogens is 448 g/mol. The Labute approximate surface area is 219 Å². The smallest absolute Gasteiger partial charge is 0.320 e. The van der Waals surface area contributed by atoms with Crippen LogP contribution in [0.2, 0.25) is 0 Å². The van der Waals surface area contributed by atoms with Gasteiger partial charge in [0, 0.05) is 6.92 Å². The molecule has 4 heteroatoms. The van der Waals surface area contributed by atoms with Gasteiger partial charge in [0.25, 0.3) is 0 Å². The van der Waals surface area contributed by atoms with Crippen molar-refractivity contribution in [3.8, 4) is 0 Å². The van der Waals surface area contributed by atoms with Crippen molar-refractivity contribution in [1.29, 1.82) is 0 Å². The van der Waals surface area contributed by atoms with Crippen molar-refractivity contribution in [3.05, 3.63) is 11.6 Å². The molecule has 0 aromatic carbocycles. The van der Waals surface area contributed by atoms with Gasteiger partial charge in [-0.25, -0.2) is 0 Å². The number of rotatable bonds is 1. The van der Waals surface area contributed by atoms with Gasteiger partial charge < -0.3 is 9.84 Å². The van der Waals surface area contributed by atoms with Crippen molar-refractivity contribution in [2.45, 2.75) is 119 Å². The normalized spacial score (nSPS) is 51.5. The van der Waals surface area contributed by atoms with E-state index in [0.29, 0.717) is 23.7 Å². The number of fused-ring (bicyclic) bond motifs is 7. The summed E-state index contributed by atoms with van der Waals surface area (Å²) in [7, 11) is 0. The van der Waals surface area contributed by atoms with Crippen LogP contribution in [0.1, 0.15) is 113 Å². The summed E-state index contributed by atoms with van der Waals surface area (Å²) in [5.41, 5.74) is 1.31. The molecule has 5 rings (SSSR count). The minimum absolute atomic E-state index is 0.0418. The van der Waals surface area contributed by atoms with Crippen LogP contribution >= 0.6 is 0 Å². The van der Waals surface area contributed by atoms with Crippen LogP contribution in [0, 0.1) is 56.7 Å². The van der Waals surface area contributed by atoms with Gasteiger partial charge in [-0.3, -0.25) is 9.59 Å². The van der Waals surface area contributed by atoms with Crippen LogP contribution in [0.5, 0.6) is 0 Å². The van der Waals surface area contributed by atoms with Gasteiger partial charge in [-0.1, -0.05) is 60.1 Å². The Hall–Kier alpha value is -1.16. The Balaban J connectivity index is 1.60. The molecule has 4 nitrogen and oxygen atoms in total. The second-order valence-electron chi connectivity index (χ2n) is 15.1. The predicted octanol–water partition coefficient (Wildman–Crippen LogP) is 7.09. The third-order valence-electron chi connectivity index (χ3n) is 13.6. The second-order valence-corrected chi connectivity index (χ2v) is 15.1. The molecule has 4 saturated carbocycles. The number of esters is 2. The van der Waals surface area contributed by atoms with Gasteiger partial charge >= 0.3 is 11.9 Å². The topological polar surface area (TPSA) is 63.6 Å². The first-order valence-electron chi connectivity index (χ1n) is 14.8. The molecule has 0 saturated heterocycles. The van der Waals surface area contributed by atoms with Gasteiger partial charge in [0.05, 0.1) is 11.5 Å². The van der Waals surface area contributed by atoms with E-state index >= 15 is 0 Å². The fourth-order valence-corrected chi connectivity index (χ4v) is 11.1. The molecule has 0 heterocycles. The Kier molecular flexibility index (Phi) is 6.00. The molecule has 1 N–H and O–H groups in total. The van der Waals surface area contributed by atoms with Gasteiger partial charge in [-0.2, -0.15) is 0 Å². The van der Waals surface area contributed by atoms with E-state index in [4.69, 9.17) is 4.74 Å². The summed E-state index contributed by atoms with van der Waals surface area (Å²) >= 11 is 0. The fourth-order valence-electron chi connectivity index (χ4n) is 11.1. The average molecular weight is 499 g/mol. The van der Waals surface area contributed by atoms with Crippen LogP contribution < -0.4 is 0 Å². The van der Waals surface area contributed by atoms with Crippen molar-refractivity contribution in [3.63, 3.8) is 0 Å². The third-order valence-corrected chi connectivity index (χ3v) is 13.6. The van der Waals surface area contributed by atoms with Gasteiger partial charge in [-0.15, -0.1) is 0 Å². The van der Waals surface area contributed by atoms with E-state index in [1.54, 1.807) is 0 Å². The van der Waals surface area contributed by atoms with E-state index in [2.05, 4.69) is 54.5 Å². The van der Waals surface area contributed by atoms with Crippen LogP contribution in [-0.2, 0) is 14.3 Å². The molecule has 10 unspecified atom stereocenters. The van der Waals surface area contributed by atoms with Crippen molar-refractivity contribution in [2.24, 2.45) is 56.7 Å². The molecular formula is C32H50O4. The summed E-state index contributed by atoms with van der Waals surface area (Å²) in [6.07, 6.45) is 11.4. The van der Waals surface area contributed by atoms with E-state index in [-0.39, 0.29) is 39.7 Å². The van der Waals surface area contributed by atoms with Crippen molar-refractivity contribution >= 4 is 11.9 Å². The Morgan fingerprint density at radius 3 is 2.28 bits per heavy atom. The SMILES string of the molecule is CC(=O)OC(=O)C12CCC(C)C(C)C1C1=CCC3C4(C)CCC(O)C(C)(C)C4CCC3(C)C1(C)CC2. The quantitative estimate of drug-likeness (QED) is 0.238. The van der Waals surface area contributed by atoms with Crippen molar-refractivity contribution in [2.75, 3.05) is 0 Å². The van der Waals surface area contributed by atoms with Crippen molar-refractivity contribution in [1.82, 2.24) is 0 Å². The molecule has 0 aromatic heterocycles. The largest absolute Gasteiger partial charge is 0.393 e. The number of allylic oxidation sites excluding steroid dienone is 2. The number of aliphatic hydroxyl groups excluding tert-OH is 1. The minimum Gasteiger partial charge on any atom is -0.393 e. The Bertz CT molecular complexity index is 981. The number of ether oxygens (including phenoxy) is 1. The fraction of sp³-hybridized carbons (Fsp3) is 0.875. The number of aliphatic hydroxyl groups is 1. The standard InChI is InChI=1S/C32H50O4/c1-19-11-16-32(27(35)36-21(3)33)18-17-30(7)22(26(32)20(19)2)9-10-24-29(6)14-13-25(34)28(4,5)23(29)12-15-31(24,30)8/h9,19-20,23-26,34H,10-18H2,1-8H3. The molecule has 0 bridgehead atoms. The van der Waals surface area contributed by atoms with E-state index in [1.807, 2.05) is 0 Å². The zero-order valence-electron chi connectivity index (χ0n) is 24.1. The monoisotopic (exact) mass is 498 g/mol. The lowest BCUT2D eigenvalue weighted by atomic mass is 9.33. The van der Waals surface area contributed by atoms with Crippen LogP contribution in [0.25, 0.3) is 0 Å². The molecule has 0 spiro atoms. The molecule has 5 aliphatic rings. The minimum atomic E-state index is -0.565. The lowest BCUT2D eigenvalue weighted by Gasteiger charge is -2.71. The van der Waals surface area contributed by atoms with Crippen molar-refractivity contribution < 1.29 is 19.4 Å². The number of carbonyl (C=O) groups excluding carboxylic acids is 2. The lowest BCUT2D eigenvalue weighted by molar-refractivity contribution is -0.207. The molecule has 0 radical (unpaired) electrons. The summed E-state index contributed by atoms with van der Waals surface area (Å²) in [6.45, 7) is 18.3. The molecule has 10 atom stereocenters. The summed E-state index contributed by atoms with van der Waals surface area (Å²) < 4.78 is 5.37. The highest BCUT2D eigenvalue weighted by atomic mass is 16.6. The highest BCUT2D eigenvalue weighted by molar-refractivity contribution is 5.88. The lowest BCUT2D eigenvalue weighted by Crippen LogP contribution is -2.65. The van der Waals surface area contributed by atoms with Gasteiger partial charge in [0.2, 0.25) is 0 Å². The maximum Gasteiger partial charge on any atom is 0.320 e. The molecule has 4 fully saturated rings. The molecule has 0 aromatic rings. The van der Waals surface area contributed by atoms with Gasteiger partial charge in [0.15, 0.2) is 0 Å². The zero-order valence-corrected chi connectivity index (χ0v) is 24.1. The summed E-state index contributed by atoms with van der Waals surface area (Å²) in [6, 6.07) is 0. The van der Waals surface area contributed by atoms with Gasteiger partial charge in [-0.05, 0) is 109 Å². The molecule has 0 aliphatic heterocycles. The highest BCUT2D eigenvalue weighted by Crippen LogP contribution is 2.75. The molecule has 36 heavy (non-hydrogen) atoms. The van der Waals surface area contributed by atoms with Crippen LogP contribution in [0.4, 0.5) is 0 Å². The maximum absolute atomic E-state index is 13.6. The summed E-state index contributed by atoms with van der Waals surface area (Å²) in [5.74, 6) is 1.46. The van der Waals surface area contributed by atoms with Crippen LogP contribution in [0.15, 0.2) is 11.6 Å². The van der Waals surface area contributed by atoms with E-state index in [0.717, 1.165) is 44.9 Å². The van der Waals surface area contributed by atoms with E-state index < -0.39 is 11.4 Å². The maximum atomic E-state index is 13.6. The average Bonchev–Trinajstić information content (AvgIpc) is 2.79. The van der Waals surface area contributed by atoms with Crippen LogP contribution in [0.3, 0.4) is 0 Å². The predicted molar refractivity (Wildman–Crippen MR) is 142 cm³/mol. The Morgan fingerprint density at radius 2 is 1.61 bits per heavy atom. The number of hydrogen-bond acceptors (Lipinski definition) is 4. The highest BCUT2D eigenvalue weighted by Gasteiger charge is 2.69. The van der Waals surface area contributed by atoms with Gasteiger partial charge in [0.1, 0.15) is 0 Å². The second kappa shape index (κ2) is 8.17. The van der Waals surface area contributed by atoms with Crippen LogP contribution in [-0.4, -0.2) is 23.1 Å². The first-order chi connectivity index (χ1) is 16.6. The zero-order chi connectivity index (χ0) is 26.5. The molecule has 202 valence electrons.